The Morgan fingerprint density at radius 1 is 0.950 bits per heavy atom. The van der Waals surface area contributed by atoms with E-state index in [-0.39, 0.29) is 18.4 Å². The van der Waals surface area contributed by atoms with Crippen molar-refractivity contribution in [2.45, 2.75) is 32.7 Å². The first-order valence-corrected chi connectivity index (χ1v) is 6.59. The largest absolute Gasteiger partial charge is 0.493 e. The monoisotopic (exact) mass is 303 g/mol. The van der Waals surface area contributed by atoms with Crippen molar-refractivity contribution in [3.8, 4) is 17.2 Å². The SMILES string of the molecule is COc1cc([C@H](N)CCC(C)C)cc(OC)c1OC.Cl. The molecule has 4 nitrogen and oxygen atoms in total. The predicted molar refractivity (Wildman–Crippen MR) is 84.3 cm³/mol. The molecule has 0 radical (unpaired) electrons. The third-order valence-corrected chi connectivity index (χ3v) is 3.17. The molecule has 20 heavy (non-hydrogen) atoms. The maximum absolute atomic E-state index is 6.23. The van der Waals surface area contributed by atoms with Crippen LogP contribution >= 0.6 is 12.4 Å². The minimum Gasteiger partial charge on any atom is -0.493 e. The zero-order chi connectivity index (χ0) is 14.4. The van der Waals surface area contributed by atoms with Crippen LogP contribution in [0.1, 0.15) is 38.3 Å². The van der Waals surface area contributed by atoms with E-state index in [1.165, 1.54) is 0 Å². The van der Waals surface area contributed by atoms with Gasteiger partial charge < -0.3 is 19.9 Å². The number of ether oxygens (including phenoxy) is 3. The summed E-state index contributed by atoms with van der Waals surface area (Å²) >= 11 is 0. The van der Waals surface area contributed by atoms with Crippen molar-refractivity contribution in [1.82, 2.24) is 0 Å². The topological polar surface area (TPSA) is 53.7 Å². The molecule has 0 fully saturated rings. The van der Waals surface area contributed by atoms with Crippen LogP contribution in [0.2, 0.25) is 0 Å². The molecule has 0 heterocycles. The van der Waals surface area contributed by atoms with E-state index in [0.29, 0.717) is 23.2 Å². The number of hydrogen-bond acceptors (Lipinski definition) is 4. The lowest BCUT2D eigenvalue weighted by Crippen LogP contribution is -2.12. The first-order chi connectivity index (χ1) is 9.03. The number of halogens is 1. The van der Waals surface area contributed by atoms with Crippen molar-refractivity contribution in [3.05, 3.63) is 17.7 Å². The van der Waals surface area contributed by atoms with Crippen LogP contribution in [0.15, 0.2) is 12.1 Å². The molecule has 1 rings (SSSR count). The lowest BCUT2D eigenvalue weighted by molar-refractivity contribution is 0.323. The van der Waals surface area contributed by atoms with Gasteiger partial charge in [-0.1, -0.05) is 13.8 Å². The zero-order valence-electron chi connectivity index (χ0n) is 12.9. The van der Waals surface area contributed by atoms with E-state index in [2.05, 4.69) is 13.8 Å². The van der Waals surface area contributed by atoms with Crippen LogP contribution in [0.25, 0.3) is 0 Å². The third-order valence-electron chi connectivity index (χ3n) is 3.17. The van der Waals surface area contributed by atoms with Gasteiger partial charge in [0.1, 0.15) is 0 Å². The minimum absolute atomic E-state index is 0. The van der Waals surface area contributed by atoms with E-state index >= 15 is 0 Å². The molecule has 0 bridgehead atoms. The number of methoxy groups -OCH3 is 3. The second-order valence-electron chi connectivity index (χ2n) is 5.04. The van der Waals surface area contributed by atoms with Gasteiger partial charge in [-0.15, -0.1) is 12.4 Å². The fraction of sp³-hybridized carbons (Fsp3) is 0.600. The normalized spacial score (nSPS) is 11.8. The van der Waals surface area contributed by atoms with Crippen molar-refractivity contribution in [3.63, 3.8) is 0 Å². The Morgan fingerprint density at radius 3 is 1.80 bits per heavy atom. The fourth-order valence-corrected chi connectivity index (χ4v) is 2.00. The molecule has 1 aromatic rings. The summed E-state index contributed by atoms with van der Waals surface area (Å²) in [5, 5.41) is 0. The highest BCUT2D eigenvalue weighted by Gasteiger charge is 2.16. The summed E-state index contributed by atoms with van der Waals surface area (Å²) in [5.41, 5.74) is 7.24. The number of nitrogens with two attached hydrogens (primary N) is 1. The lowest BCUT2D eigenvalue weighted by Gasteiger charge is -2.18. The first kappa shape index (κ1) is 18.9. The maximum Gasteiger partial charge on any atom is 0.203 e. The van der Waals surface area contributed by atoms with Gasteiger partial charge in [0.05, 0.1) is 21.3 Å². The van der Waals surface area contributed by atoms with Crippen molar-refractivity contribution < 1.29 is 14.2 Å². The van der Waals surface area contributed by atoms with Crippen LogP contribution in [0.3, 0.4) is 0 Å². The van der Waals surface area contributed by atoms with Crippen LogP contribution in [0, 0.1) is 5.92 Å². The van der Waals surface area contributed by atoms with Crippen LogP contribution in [0.5, 0.6) is 17.2 Å². The Kier molecular flexibility index (Phi) is 8.42. The lowest BCUT2D eigenvalue weighted by atomic mass is 9.98. The Hall–Kier alpha value is -1.13. The minimum atomic E-state index is -0.0175. The van der Waals surface area contributed by atoms with Crippen molar-refractivity contribution in [2.75, 3.05) is 21.3 Å². The van der Waals surface area contributed by atoms with Gasteiger partial charge >= 0.3 is 0 Å². The van der Waals surface area contributed by atoms with Crippen LogP contribution in [0.4, 0.5) is 0 Å². The molecule has 0 unspecified atom stereocenters. The average molecular weight is 304 g/mol. The molecular formula is C15H26ClNO3. The molecule has 5 heteroatoms. The summed E-state index contributed by atoms with van der Waals surface area (Å²) in [6, 6.07) is 3.83. The van der Waals surface area contributed by atoms with E-state index < -0.39 is 0 Å². The van der Waals surface area contributed by atoms with E-state index in [1.54, 1.807) is 21.3 Å². The van der Waals surface area contributed by atoms with Crippen molar-refractivity contribution in [1.29, 1.82) is 0 Å². The molecule has 2 N–H and O–H groups in total. The Labute approximate surface area is 128 Å². The smallest absolute Gasteiger partial charge is 0.203 e. The van der Waals surface area contributed by atoms with E-state index in [0.717, 1.165) is 18.4 Å². The number of benzene rings is 1. The highest BCUT2D eigenvalue weighted by molar-refractivity contribution is 5.85. The molecule has 1 atom stereocenters. The quantitative estimate of drug-likeness (QED) is 0.836. The van der Waals surface area contributed by atoms with Gasteiger partial charge in [0.25, 0.3) is 0 Å². The zero-order valence-corrected chi connectivity index (χ0v) is 13.8. The molecule has 0 saturated heterocycles. The van der Waals surface area contributed by atoms with Gasteiger partial charge in [-0.05, 0) is 36.5 Å². The molecule has 0 aliphatic carbocycles. The van der Waals surface area contributed by atoms with Gasteiger partial charge in [-0.2, -0.15) is 0 Å². The predicted octanol–water partition coefficient (Wildman–Crippen LogP) is 3.57. The van der Waals surface area contributed by atoms with Crippen LogP contribution in [-0.2, 0) is 0 Å². The summed E-state index contributed by atoms with van der Waals surface area (Å²) in [4.78, 5) is 0. The van der Waals surface area contributed by atoms with E-state index in [4.69, 9.17) is 19.9 Å². The van der Waals surface area contributed by atoms with Crippen LogP contribution in [-0.4, -0.2) is 21.3 Å². The molecule has 0 amide bonds. The average Bonchev–Trinajstić information content (AvgIpc) is 2.42. The highest BCUT2D eigenvalue weighted by atomic mass is 35.5. The third kappa shape index (κ3) is 4.76. The summed E-state index contributed by atoms with van der Waals surface area (Å²) in [7, 11) is 4.82. The van der Waals surface area contributed by atoms with Gasteiger partial charge in [0, 0.05) is 6.04 Å². The summed E-state index contributed by atoms with van der Waals surface area (Å²) in [5.74, 6) is 2.55. The molecule has 0 aliphatic rings. The van der Waals surface area contributed by atoms with Gasteiger partial charge in [0.2, 0.25) is 5.75 Å². The highest BCUT2D eigenvalue weighted by Crippen LogP contribution is 2.39. The van der Waals surface area contributed by atoms with Crippen LogP contribution < -0.4 is 19.9 Å². The summed E-state index contributed by atoms with van der Waals surface area (Å²) in [6.07, 6.45) is 2.04. The van der Waals surface area contributed by atoms with Gasteiger partial charge in [0.15, 0.2) is 11.5 Å². The van der Waals surface area contributed by atoms with Crippen molar-refractivity contribution >= 4 is 12.4 Å². The second kappa shape index (κ2) is 8.93. The first-order valence-electron chi connectivity index (χ1n) is 6.59. The Balaban J connectivity index is 0.00000361. The molecule has 0 aromatic heterocycles. The van der Waals surface area contributed by atoms with E-state index in [1.807, 2.05) is 12.1 Å². The molecule has 1 aromatic carbocycles. The van der Waals surface area contributed by atoms with Gasteiger partial charge in [-0.3, -0.25) is 0 Å². The second-order valence-corrected chi connectivity index (χ2v) is 5.04. The molecule has 0 spiro atoms. The van der Waals surface area contributed by atoms with Gasteiger partial charge in [-0.25, -0.2) is 0 Å². The standard InChI is InChI=1S/C15H25NO3.ClH/c1-10(2)6-7-12(16)11-8-13(17-3)15(19-5)14(9-11)18-4;/h8-10,12H,6-7,16H2,1-5H3;1H/t12-;/m1./s1. The van der Waals surface area contributed by atoms with E-state index in [9.17, 15) is 0 Å². The molecule has 0 aliphatic heterocycles. The molecule has 0 saturated carbocycles. The molecular weight excluding hydrogens is 278 g/mol. The number of hydrogen-bond donors (Lipinski definition) is 1. The summed E-state index contributed by atoms with van der Waals surface area (Å²) in [6.45, 7) is 4.39. The fourth-order valence-electron chi connectivity index (χ4n) is 2.00. The summed E-state index contributed by atoms with van der Waals surface area (Å²) < 4.78 is 16.0. The Bertz CT molecular complexity index is 385. The van der Waals surface area contributed by atoms with Crippen molar-refractivity contribution in [2.24, 2.45) is 11.7 Å². The Morgan fingerprint density at radius 2 is 1.45 bits per heavy atom. The maximum atomic E-state index is 6.23. The molecule has 116 valence electrons. The number of rotatable bonds is 7.